The van der Waals surface area contributed by atoms with Gasteiger partial charge in [-0.1, -0.05) is 20.8 Å². The van der Waals surface area contributed by atoms with Crippen molar-refractivity contribution in [2.75, 3.05) is 24.2 Å². The van der Waals surface area contributed by atoms with E-state index in [-0.39, 0.29) is 0 Å². The molecular formula is C14H24N2O. The van der Waals surface area contributed by atoms with E-state index in [1.807, 2.05) is 25.1 Å². The summed E-state index contributed by atoms with van der Waals surface area (Å²) in [6.45, 7) is 10.3. The Morgan fingerprint density at radius 3 is 2.53 bits per heavy atom. The summed E-state index contributed by atoms with van der Waals surface area (Å²) in [5.41, 5.74) is 7.93. The van der Waals surface area contributed by atoms with Gasteiger partial charge in [0.2, 0.25) is 0 Å². The fourth-order valence-electron chi connectivity index (χ4n) is 1.56. The number of nitrogens with one attached hydrogen (secondary N) is 1. The van der Waals surface area contributed by atoms with Gasteiger partial charge in [-0.15, -0.1) is 0 Å². The van der Waals surface area contributed by atoms with Gasteiger partial charge in [-0.05, 0) is 24.8 Å². The Morgan fingerprint density at radius 1 is 1.24 bits per heavy atom. The Kier molecular flexibility index (Phi) is 4.67. The molecular weight excluding hydrogens is 212 g/mol. The predicted molar refractivity (Wildman–Crippen MR) is 74.6 cm³/mol. The monoisotopic (exact) mass is 236 g/mol. The van der Waals surface area contributed by atoms with E-state index in [1.165, 1.54) is 0 Å². The number of anilines is 2. The molecule has 0 aromatic heterocycles. The minimum Gasteiger partial charge on any atom is -0.494 e. The van der Waals surface area contributed by atoms with E-state index in [1.54, 1.807) is 0 Å². The maximum absolute atomic E-state index is 5.83. The fourth-order valence-corrected chi connectivity index (χ4v) is 1.56. The molecule has 0 atom stereocenters. The van der Waals surface area contributed by atoms with Crippen LogP contribution in [0.15, 0.2) is 18.2 Å². The summed E-state index contributed by atoms with van der Waals surface area (Å²) in [4.78, 5) is 0. The minimum atomic E-state index is 0.343. The molecule has 0 fully saturated rings. The van der Waals surface area contributed by atoms with Gasteiger partial charge in [0.25, 0.3) is 0 Å². The number of ether oxygens (including phenoxy) is 1. The van der Waals surface area contributed by atoms with Gasteiger partial charge in [0.05, 0.1) is 6.61 Å². The molecule has 1 aromatic rings. The first-order valence-electron chi connectivity index (χ1n) is 6.18. The van der Waals surface area contributed by atoms with Crippen LogP contribution in [0.4, 0.5) is 11.4 Å². The highest BCUT2D eigenvalue weighted by Gasteiger charge is 2.09. The molecule has 0 amide bonds. The third kappa shape index (κ3) is 5.48. The zero-order valence-corrected chi connectivity index (χ0v) is 11.3. The Hall–Kier alpha value is -1.38. The lowest BCUT2D eigenvalue weighted by atomic mass is 9.92. The molecule has 0 saturated heterocycles. The highest BCUT2D eigenvalue weighted by atomic mass is 16.5. The molecule has 3 heteroatoms. The molecule has 3 N–H and O–H groups in total. The SMILES string of the molecule is CCOc1cc(N)cc(NCCC(C)(C)C)c1. The summed E-state index contributed by atoms with van der Waals surface area (Å²) in [7, 11) is 0. The Bertz CT molecular complexity index is 356. The quantitative estimate of drug-likeness (QED) is 0.769. The van der Waals surface area contributed by atoms with E-state index in [0.29, 0.717) is 12.0 Å². The van der Waals surface area contributed by atoms with E-state index < -0.39 is 0 Å². The van der Waals surface area contributed by atoms with Crippen LogP contribution in [0.3, 0.4) is 0 Å². The molecule has 0 heterocycles. The van der Waals surface area contributed by atoms with Crippen LogP contribution in [-0.4, -0.2) is 13.2 Å². The maximum atomic E-state index is 5.83. The zero-order valence-electron chi connectivity index (χ0n) is 11.3. The lowest BCUT2D eigenvalue weighted by Gasteiger charge is -2.19. The normalized spacial score (nSPS) is 11.3. The van der Waals surface area contributed by atoms with Gasteiger partial charge < -0.3 is 15.8 Å². The summed E-state index contributed by atoms with van der Waals surface area (Å²) in [5.74, 6) is 0.825. The summed E-state index contributed by atoms with van der Waals surface area (Å²) < 4.78 is 5.45. The molecule has 0 spiro atoms. The molecule has 0 radical (unpaired) electrons. The summed E-state index contributed by atoms with van der Waals surface area (Å²) >= 11 is 0. The third-order valence-electron chi connectivity index (χ3n) is 2.44. The third-order valence-corrected chi connectivity index (χ3v) is 2.44. The summed E-state index contributed by atoms with van der Waals surface area (Å²) in [5, 5.41) is 3.38. The number of rotatable bonds is 5. The van der Waals surface area contributed by atoms with Gasteiger partial charge in [0.15, 0.2) is 0 Å². The molecule has 0 saturated carbocycles. The maximum Gasteiger partial charge on any atom is 0.123 e. The van der Waals surface area contributed by atoms with E-state index in [4.69, 9.17) is 10.5 Å². The standard InChI is InChI=1S/C14H24N2O/c1-5-17-13-9-11(15)8-12(10-13)16-7-6-14(2,3)4/h8-10,16H,5-7,15H2,1-4H3. The van der Waals surface area contributed by atoms with Crippen molar-refractivity contribution in [3.63, 3.8) is 0 Å². The number of nitrogens with two attached hydrogens (primary N) is 1. The highest BCUT2D eigenvalue weighted by molar-refractivity contribution is 5.59. The van der Waals surface area contributed by atoms with Crippen molar-refractivity contribution in [3.05, 3.63) is 18.2 Å². The smallest absolute Gasteiger partial charge is 0.123 e. The molecule has 0 aliphatic heterocycles. The van der Waals surface area contributed by atoms with Crippen LogP contribution in [0.1, 0.15) is 34.1 Å². The van der Waals surface area contributed by atoms with Crippen molar-refractivity contribution >= 4 is 11.4 Å². The van der Waals surface area contributed by atoms with Crippen molar-refractivity contribution in [3.8, 4) is 5.75 Å². The van der Waals surface area contributed by atoms with Crippen LogP contribution < -0.4 is 15.8 Å². The van der Waals surface area contributed by atoms with Gasteiger partial charge in [-0.3, -0.25) is 0 Å². The molecule has 0 aliphatic rings. The van der Waals surface area contributed by atoms with Gasteiger partial charge in [-0.25, -0.2) is 0 Å². The minimum absolute atomic E-state index is 0.343. The average Bonchev–Trinajstić information content (AvgIpc) is 2.15. The van der Waals surface area contributed by atoms with E-state index in [2.05, 4.69) is 26.1 Å². The summed E-state index contributed by atoms with van der Waals surface area (Å²) in [6.07, 6.45) is 1.12. The second-order valence-electron chi connectivity index (χ2n) is 5.46. The molecule has 17 heavy (non-hydrogen) atoms. The van der Waals surface area contributed by atoms with Crippen LogP contribution in [-0.2, 0) is 0 Å². The van der Waals surface area contributed by atoms with Gasteiger partial charge in [0.1, 0.15) is 5.75 Å². The first-order chi connectivity index (χ1) is 7.90. The van der Waals surface area contributed by atoms with Crippen molar-refractivity contribution < 1.29 is 4.74 Å². The van der Waals surface area contributed by atoms with Crippen LogP contribution >= 0.6 is 0 Å². The second-order valence-corrected chi connectivity index (χ2v) is 5.46. The molecule has 1 rings (SSSR count). The molecule has 3 nitrogen and oxygen atoms in total. The first-order valence-corrected chi connectivity index (χ1v) is 6.18. The lowest BCUT2D eigenvalue weighted by Crippen LogP contribution is -2.13. The number of nitrogen functional groups attached to an aromatic ring is 1. The Balaban J connectivity index is 2.58. The zero-order chi connectivity index (χ0) is 12.9. The van der Waals surface area contributed by atoms with Crippen LogP contribution in [0.2, 0.25) is 0 Å². The Labute approximate surface area is 104 Å². The second kappa shape index (κ2) is 5.80. The average molecular weight is 236 g/mol. The fraction of sp³-hybridized carbons (Fsp3) is 0.571. The van der Waals surface area contributed by atoms with Crippen molar-refractivity contribution in [1.29, 1.82) is 0 Å². The van der Waals surface area contributed by atoms with E-state index in [0.717, 1.165) is 30.1 Å². The van der Waals surface area contributed by atoms with Crippen LogP contribution in [0, 0.1) is 5.41 Å². The number of benzene rings is 1. The molecule has 0 bridgehead atoms. The lowest BCUT2D eigenvalue weighted by molar-refractivity contribution is 0.340. The van der Waals surface area contributed by atoms with Crippen LogP contribution in [0.25, 0.3) is 0 Å². The van der Waals surface area contributed by atoms with Gasteiger partial charge in [-0.2, -0.15) is 0 Å². The number of hydrogen-bond donors (Lipinski definition) is 2. The topological polar surface area (TPSA) is 47.3 Å². The van der Waals surface area contributed by atoms with Gasteiger partial charge >= 0.3 is 0 Å². The van der Waals surface area contributed by atoms with Crippen LogP contribution in [0.5, 0.6) is 5.75 Å². The Morgan fingerprint density at radius 2 is 1.94 bits per heavy atom. The van der Waals surface area contributed by atoms with Crippen molar-refractivity contribution in [2.24, 2.45) is 5.41 Å². The van der Waals surface area contributed by atoms with Crippen molar-refractivity contribution in [1.82, 2.24) is 0 Å². The van der Waals surface area contributed by atoms with E-state index in [9.17, 15) is 0 Å². The molecule has 0 aliphatic carbocycles. The largest absolute Gasteiger partial charge is 0.494 e. The van der Waals surface area contributed by atoms with Crippen molar-refractivity contribution in [2.45, 2.75) is 34.1 Å². The predicted octanol–water partition coefficient (Wildman–Crippen LogP) is 3.52. The number of hydrogen-bond acceptors (Lipinski definition) is 3. The molecule has 0 unspecified atom stereocenters. The van der Waals surface area contributed by atoms with Gasteiger partial charge in [0, 0.05) is 30.1 Å². The molecule has 96 valence electrons. The molecule has 1 aromatic carbocycles. The highest BCUT2D eigenvalue weighted by Crippen LogP contribution is 2.24. The first kappa shape index (κ1) is 13.7. The van der Waals surface area contributed by atoms with E-state index >= 15 is 0 Å². The summed E-state index contributed by atoms with van der Waals surface area (Å²) in [6, 6.07) is 5.77.